The number of benzene rings is 2. The molecule has 9 heteroatoms. The van der Waals surface area contributed by atoms with E-state index in [0.717, 1.165) is 29.5 Å². The summed E-state index contributed by atoms with van der Waals surface area (Å²) in [4.78, 5) is 24.8. The second-order valence-electron chi connectivity index (χ2n) is 6.09. The molecule has 0 bridgehead atoms. The number of carbonyl (C=O) groups is 2. The maximum atomic E-state index is 12.8. The number of thioether (sulfide) groups is 1. The zero-order chi connectivity index (χ0) is 20.3. The van der Waals surface area contributed by atoms with E-state index in [1.807, 2.05) is 6.07 Å². The lowest BCUT2D eigenvalue weighted by Gasteiger charge is -2.24. The Kier molecular flexibility index (Phi) is 5.61. The molecule has 0 fully saturated rings. The number of carbonyl (C=O) groups excluding carboxylic acids is 2. The van der Waals surface area contributed by atoms with E-state index < -0.39 is 22.9 Å². The molecule has 2 amide bonds. The molecule has 5 nitrogen and oxygen atoms in total. The van der Waals surface area contributed by atoms with Crippen LogP contribution in [0.4, 0.5) is 18.9 Å². The number of anilines is 1. The molecule has 28 heavy (non-hydrogen) atoms. The van der Waals surface area contributed by atoms with Gasteiger partial charge in [-0.25, -0.2) is 0 Å². The largest absolute Gasteiger partial charge is 0.416 e. The first-order chi connectivity index (χ1) is 13.3. The number of alkyl halides is 3. The highest BCUT2D eigenvalue weighted by molar-refractivity contribution is 8.01. The van der Waals surface area contributed by atoms with Crippen LogP contribution >= 0.6 is 11.8 Å². The van der Waals surface area contributed by atoms with Crippen LogP contribution in [0, 0.1) is 11.3 Å². The van der Waals surface area contributed by atoms with E-state index in [0.29, 0.717) is 10.5 Å². The average molecular weight is 405 g/mol. The molecule has 0 aliphatic carbocycles. The fourth-order valence-electron chi connectivity index (χ4n) is 2.60. The second-order valence-corrected chi connectivity index (χ2v) is 7.34. The van der Waals surface area contributed by atoms with Crippen molar-refractivity contribution in [3.8, 4) is 6.07 Å². The van der Waals surface area contributed by atoms with Gasteiger partial charge in [0.25, 0.3) is 0 Å². The minimum Gasteiger partial charge on any atom is -0.352 e. The lowest BCUT2D eigenvalue weighted by molar-refractivity contribution is -0.137. The van der Waals surface area contributed by atoms with Crippen LogP contribution in [0.15, 0.2) is 47.4 Å². The molecule has 1 atom stereocenters. The van der Waals surface area contributed by atoms with Crippen LogP contribution in [0.3, 0.4) is 0 Å². The van der Waals surface area contributed by atoms with Gasteiger partial charge in [0.05, 0.1) is 28.1 Å². The van der Waals surface area contributed by atoms with Gasteiger partial charge < -0.3 is 10.6 Å². The van der Waals surface area contributed by atoms with Crippen LogP contribution < -0.4 is 10.6 Å². The van der Waals surface area contributed by atoms with Crippen molar-refractivity contribution in [2.75, 3.05) is 5.32 Å². The zero-order valence-electron chi connectivity index (χ0n) is 14.3. The van der Waals surface area contributed by atoms with Gasteiger partial charge in [0.1, 0.15) is 0 Å². The molecule has 1 heterocycles. The molecule has 1 aliphatic heterocycles. The van der Waals surface area contributed by atoms with Crippen LogP contribution in [0.25, 0.3) is 0 Å². The predicted molar refractivity (Wildman–Crippen MR) is 97.3 cm³/mol. The first-order valence-electron chi connectivity index (χ1n) is 8.21. The smallest absolute Gasteiger partial charge is 0.352 e. The molecule has 2 N–H and O–H groups in total. The summed E-state index contributed by atoms with van der Waals surface area (Å²) < 4.78 is 38.3. The van der Waals surface area contributed by atoms with Crippen LogP contribution in [0.1, 0.15) is 23.1 Å². The molecule has 0 aromatic heterocycles. The first-order valence-corrected chi connectivity index (χ1v) is 9.09. The van der Waals surface area contributed by atoms with Gasteiger partial charge in [0.2, 0.25) is 11.8 Å². The summed E-state index contributed by atoms with van der Waals surface area (Å²) in [6.07, 6.45) is -4.60. The summed E-state index contributed by atoms with van der Waals surface area (Å²) in [5.41, 5.74) is 0.570. The number of fused-ring (bicyclic) bond motifs is 1. The summed E-state index contributed by atoms with van der Waals surface area (Å²) in [6, 6.07) is 11.8. The van der Waals surface area contributed by atoms with E-state index in [-0.39, 0.29) is 24.6 Å². The van der Waals surface area contributed by atoms with Crippen molar-refractivity contribution in [1.82, 2.24) is 5.32 Å². The monoisotopic (exact) mass is 405 g/mol. The average Bonchev–Trinajstić information content (AvgIpc) is 2.66. The Morgan fingerprint density at radius 3 is 2.57 bits per heavy atom. The summed E-state index contributed by atoms with van der Waals surface area (Å²) in [6.45, 7) is 0.245. The third kappa shape index (κ3) is 4.64. The van der Waals surface area contributed by atoms with Crippen molar-refractivity contribution in [2.45, 2.75) is 29.3 Å². The number of nitriles is 1. The normalized spacial score (nSPS) is 15.9. The minimum atomic E-state index is -4.49. The van der Waals surface area contributed by atoms with Crippen molar-refractivity contribution in [2.24, 2.45) is 0 Å². The Labute approximate surface area is 162 Å². The SMILES string of the molecule is N#Cc1ccc(CNC(=O)CC2Sc3ccc(C(F)(F)F)cc3NC2=O)cc1. The van der Waals surface area contributed by atoms with Crippen molar-refractivity contribution in [1.29, 1.82) is 5.26 Å². The highest BCUT2D eigenvalue weighted by atomic mass is 32.2. The lowest BCUT2D eigenvalue weighted by atomic mass is 10.1. The van der Waals surface area contributed by atoms with Gasteiger partial charge in [0, 0.05) is 17.9 Å². The van der Waals surface area contributed by atoms with Gasteiger partial charge in [-0.2, -0.15) is 18.4 Å². The quantitative estimate of drug-likeness (QED) is 0.813. The summed E-state index contributed by atoms with van der Waals surface area (Å²) in [5, 5.41) is 13.2. The molecule has 2 aromatic carbocycles. The molecule has 0 saturated carbocycles. The Balaban J connectivity index is 1.59. The number of rotatable bonds is 4. The van der Waals surface area contributed by atoms with Crippen molar-refractivity contribution >= 4 is 29.3 Å². The molecule has 0 spiro atoms. The number of hydrogen-bond acceptors (Lipinski definition) is 4. The first kappa shape index (κ1) is 19.8. The molecular formula is C19H14F3N3O2S. The Bertz CT molecular complexity index is 952. The van der Waals surface area contributed by atoms with Gasteiger partial charge >= 0.3 is 6.18 Å². The number of nitrogens with one attached hydrogen (secondary N) is 2. The highest BCUT2D eigenvalue weighted by Crippen LogP contribution is 2.40. The molecule has 0 saturated heterocycles. The minimum absolute atomic E-state index is 0.0964. The van der Waals surface area contributed by atoms with E-state index in [1.54, 1.807) is 24.3 Å². The van der Waals surface area contributed by atoms with E-state index in [4.69, 9.17) is 5.26 Å². The summed E-state index contributed by atoms with van der Waals surface area (Å²) in [5.74, 6) is -0.863. The zero-order valence-corrected chi connectivity index (χ0v) is 15.2. The molecule has 144 valence electrons. The second kappa shape index (κ2) is 7.94. The molecule has 2 aromatic rings. The van der Waals surface area contributed by atoms with Gasteiger partial charge in [-0.05, 0) is 35.9 Å². The summed E-state index contributed by atoms with van der Waals surface area (Å²) >= 11 is 1.06. The number of nitrogens with zero attached hydrogens (tertiary/aromatic N) is 1. The standard InChI is InChI=1S/C19H14F3N3O2S/c20-19(21,22)13-5-6-15-14(7-13)25-18(27)16(28-15)8-17(26)24-10-12-3-1-11(9-23)2-4-12/h1-7,16H,8,10H2,(H,24,26)(H,25,27). The van der Waals surface area contributed by atoms with Crippen molar-refractivity contribution in [3.63, 3.8) is 0 Å². The van der Waals surface area contributed by atoms with Crippen LogP contribution in [-0.2, 0) is 22.3 Å². The fraction of sp³-hybridized carbons (Fsp3) is 0.211. The van der Waals surface area contributed by atoms with Crippen LogP contribution in [0.5, 0.6) is 0 Å². The van der Waals surface area contributed by atoms with Gasteiger partial charge in [-0.3, -0.25) is 9.59 Å². The molecule has 1 aliphatic rings. The highest BCUT2D eigenvalue weighted by Gasteiger charge is 2.34. The third-order valence-electron chi connectivity index (χ3n) is 4.07. The number of hydrogen-bond donors (Lipinski definition) is 2. The van der Waals surface area contributed by atoms with Crippen molar-refractivity contribution in [3.05, 3.63) is 59.2 Å². The number of amides is 2. The Hall–Kier alpha value is -2.99. The van der Waals surface area contributed by atoms with E-state index in [2.05, 4.69) is 10.6 Å². The summed E-state index contributed by atoms with van der Waals surface area (Å²) in [7, 11) is 0. The number of halogens is 3. The van der Waals surface area contributed by atoms with Gasteiger partial charge in [-0.1, -0.05) is 12.1 Å². The Morgan fingerprint density at radius 1 is 1.21 bits per heavy atom. The van der Waals surface area contributed by atoms with E-state index in [1.165, 1.54) is 6.07 Å². The maximum Gasteiger partial charge on any atom is 0.416 e. The Morgan fingerprint density at radius 2 is 1.93 bits per heavy atom. The molecule has 3 rings (SSSR count). The maximum absolute atomic E-state index is 12.8. The van der Waals surface area contributed by atoms with Gasteiger partial charge in [0.15, 0.2) is 0 Å². The molecule has 0 radical (unpaired) electrons. The van der Waals surface area contributed by atoms with E-state index in [9.17, 15) is 22.8 Å². The van der Waals surface area contributed by atoms with Crippen LogP contribution in [-0.4, -0.2) is 17.1 Å². The van der Waals surface area contributed by atoms with Crippen molar-refractivity contribution < 1.29 is 22.8 Å². The third-order valence-corrected chi connectivity index (χ3v) is 5.35. The van der Waals surface area contributed by atoms with Crippen LogP contribution in [0.2, 0.25) is 0 Å². The van der Waals surface area contributed by atoms with E-state index >= 15 is 0 Å². The fourth-order valence-corrected chi connectivity index (χ4v) is 3.69. The molecule has 1 unspecified atom stereocenters. The topological polar surface area (TPSA) is 82.0 Å². The molecular weight excluding hydrogens is 391 g/mol. The predicted octanol–water partition coefficient (Wildman–Crippen LogP) is 3.70. The van der Waals surface area contributed by atoms with Gasteiger partial charge in [-0.15, -0.1) is 11.8 Å². The lowest BCUT2D eigenvalue weighted by Crippen LogP contribution is -2.34.